The number of hydrogen-bond acceptors (Lipinski definition) is 3. The van der Waals surface area contributed by atoms with E-state index in [1.54, 1.807) is 12.1 Å². The monoisotopic (exact) mass is 364 g/mol. The van der Waals surface area contributed by atoms with Crippen LogP contribution in [0.3, 0.4) is 0 Å². The normalized spacial score (nSPS) is 11.3. The van der Waals surface area contributed by atoms with E-state index in [2.05, 4.69) is 15.9 Å². The van der Waals surface area contributed by atoms with Crippen LogP contribution in [0.2, 0.25) is 0 Å². The van der Waals surface area contributed by atoms with Gasteiger partial charge in [-0.1, -0.05) is 46.3 Å². The molecule has 0 fully saturated rings. The molecular formula is C15H13BrN2O2S. The van der Waals surface area contributed by atoms with Gasteiger partial charge in [-0.25, -0.2) is 8.42 Å². The van der Waals surface area contributed by atoms with E-state index in [1.807, 2.05) is 36.4 Å². The zero-order chi connectivity index (χ0) is 15.3. The first-order valence-electron chi connectivity index (χ1n) is 6.20. The second kappa shape index (κ2) is 6.85. The number of nitriles is 1. The lowest BCUT2D eigenvalue weighted by atomic mass is 10.2. The zero-order valence-corrected chi connectivity index (χ0v) is 13.5. The number of halogens is 1. The van der Waals surface area contributed by atoms with Crippen molar-refractivity contribution in [3.05, 3.63) is 64.6 Å². The molecule has 2 rings (SSSR count). The smallest absolute Gasteiger partial charge is 0.207 e. The van der Waals surface area contributed by atoms with Crippen molar-refractivity contribution in [3.63, 3.8) is 0 Å². The predicted octanol–water partition coefficient (Wildman–Crippen LogP) is 3.16. The molecule has 0 aliphatic rings. The lowest BCUT2D eigenvalue weighted by molar-refractivity contribution is 0.441. The Balaban J connectivity index is 2.32. The molecule has 0 amide bonds. The van der Waals surface area contributed by atoms with Crippen molar-refractivity contribution in [2.75, 3.05) is 6.54 Å². The number of sulfonamides is 1. The standard InChI is InChI=1S/C15H13BrN2O2S/c16-14-6-8-15(9-7-14)21(19,20)18(11-10-17)12-13-4-2-1-3-5-13/h1-9H,11-12H2. The Kier molecular flexibility index (Phi) is 5.12. The van der Waals surface area contributed by atoms with Crippen molar-refractivity contribution < 1.29 is 8.42 Å². The van der Waals surface area contributed by atoms with Crippen molar-refractivity contribution in [3.8, 4) is 6.07 Å². The summed E-state index contributed by atoms with van der Waals surface area (Å²) < 4.78 is 27.2. The van der Waals surface area contributed by atoms with E-state index in [0.717, 1.165) is 10.0 Å². The highest BCUT2D eigenvalue weighted by Gasteiger charge is 2.24. The summed E-state index contributed by atoms with van der Waals surface area (Å²) in [5.41, 5.74) is 0.841. The molecule has 0 atom stereocenters. The van der Waals surface area contributed by atoms with Gasteiger partial charge in [-0.2, -0.15) is 9.57 Å². The van der Waals surface area contributed by atoms with Gasteiger partial charge in [0.1, 0.15) is 6.54 Å². The number of nitrogens with zero attached hydrogens (tertiary/aromatic N) is 2. The summed E-state index contributed by atoms with van der Waals surface area (Å²) in [5, 5.41) is 8.91. The summed E-state index contributed by atoms with van der Waals surface area (Å²) in [5.74, 6) is 0. The molecule has 21 heavy (non-hydrogen) atoms. The summed E-state index contributed by atoms with van der Waals surface area (Å²) >= 11 is 3.27. The third-order valence-corrected chi connectivity index (χ3v) is 5.23. The van der Waals surface area contributed by atoms with Gasteiger partial charge in [-0.3, -0.25) is 0 Å². The summed E-state index contributed by atoms with van der Waals surface area (Å²) in [6.45, 7) is -0.0138. The van der Waals surface area contributed by atoms with Gasteiger partial charge in [0.25, 0.3) is 0 Å². The molecule has 0 unspecified atom stereocenters. The molecule has 0 bridgehead atoms. The first kappa shape index (κ1) is 15.7. The van der Waals surface area contributed by atoms with E-state index in [-0.39, 0.29) is 18.0 Å². The molecule has 0 aliphatic heterocycles. The Morgan fingerprint density at radius 1 is 1.05 bits per heavy atom. The van der Waals surface area contributed by atoms with Crippen LogP contribution in [-0.4, -0.2) is 19.3 Å². The third-order valence-electron chi connectivity index (χ3n) is 2.90. The molecule has 0 spiro atoms. The maximum absolute atomic E-state index is 12.6. The maximum atomic E-state index is 12.6. The highest BCUT2D eigenvalue weighted by atomic mass is 79.9. The molecule has 2 aromatic rings. The summed E-state index contributed by atoms with van der Waals surface area (Å²) in [6.07, 6.45) is 0. The maximum Gasteiger partial charge on any atom is 0.244 e. The topological polar surface area (TPSA) is 61.2 Å². The Bertz CT molecular complexity index is 737. The first-order valence-corrected chi connectivity index (χ1v) is 8.44. The average molecular weight is 365 g/mol. The fourth-order valence-corrected chi connectivity index (χ4v) is 3.44. The highest BCUT2D eigenvalue weighted by Crippen LogP contribution is 2.20. The lowest BCUT2D eigenvalue weighted by Crippen LogP contribution is -2.31. The Morgan fingerprint density at radius 2 is 1.67 bits per heavy atom. The van der Waals surface area contributed by atoms with Crippen LogP contribution in [-0.2, 0) is 16.6 Å². The van der Waals surface area contributed by atoms with Crippen LogP contribution in [0.4, 0.5) is 0 Å². The van der Waals surface area contributed by atoms with Crippen LogP contribution in [0.5, 0.6) is 0 Å². The minimum Gasteiger partial charge on any atom is -0.207 e. The van der Waals surface area contributed by atoms with Crippen molar-refractivity contribution in [1.82, 2.24) is 4.31 Å². The molecule has 108 valence electrons. The van der Waals surface area contributed by atoms with Crippen molar-refractivity contribution in [2.24, 2.45) is 0 Å². The van der Waals surface area contributed by atoms with Crippen molar-refractivity contribution in [2.45, 2.75) is 11.4 Å². The quantitative estimate of drug-likeness (QED) is 0.765. The second-order valence-corrected chi connectivity index (χ2v) is 7.22. The number of hydrogen-bond donors (Lipinski definition) is 0. The molecule has 0 heterocycles. The molecule has 0 aromatic heterocycles. The summed E-state index contributed by atoms with van der Waals surface area (Å²) in [6, 6.07) is 17.5. The van der Waals surface area contributed by atoms with Crippen LogP contribution in [0.15, 0.2) is 64.0 Å². The Morgan fingerprint density at radius 3 is 2.24 bits per heavy atom. The molecule has 0 N–H and O–H groups in total. The Hall–Kier alpha value is -1.68. The average Bonchev–Trinajstić information content (AvgIpc) is 2.48. The van der Waals surface area contributed by atoms with Crippen LogP contribution in [0.1, 0.15) is 5.56 Å². The van der Waals surface area contributed by atoms with Crippen LogP contribution < -0.4 is 0 Å². The minimum absolute atomic E-state index is 0.173. The molecule has 2 aromatic carbocycles. The molecule has 4 nitrogen and oxygen atoms in total. The third kappa shape index (κ3) is 3.91. The van der Waals surface area contributed by atoms with E-state index in [4.69, 9.17) is 5.26 Å². The number of rotatable bonds is 5. The van der Waals surface area contributed by atoms with Crippen LogP contribution in [0.25, 0.3) is 0 Å². The van der Waals surface area contributed by atoms with E-state index in [1.165, 1.54) is 16.4 Å². The van der Waals surface area contributed by atoms with Gasteiger partial charge in [0.2, 0.25) is 10.0 Å². The van der Waals surface area contributed by atoms with Crippen LogP contribution in [0, 0.1) is 11.3 Å². The van der Waals surface area contributed by atoms with Crippen molar-refractivity contribution >= 4 is 26.0 Å². The molecule has 0 radical (unpaired) electrons. The van der Waals surface area contributed by atoms with Gasteiger partial charge in [0.05, 0.1) is 11.0 Å². The first-order chi connectivity index (χ1) is 10.0. The fourth-order valence-electron chi connectivity index (χ4n) is 1.85. The van der Waals surface area contributed by atoms with Gasteiger partial charge < -0.3 is 0 Å². The molecule has 0 aliphatic carbocycles. The molecular weight excluding hydrogens is 352 g/mol. The Labute approximate surface area is 132 Å². The minimum atomic E-state index is -3.69. The molecule has 0 saturated heterocycles. The number of benzene rings is 2. The summed E-state index contributed by atoms with van der Waals surface area (Å²) in [4.78, 5) is 0.178. The van der Waals surface area contributed by atoms with E-state index >= 15 is 0 Å². The van der Waals surface area contributed by atoms with Crippen molar-refractivity contribution in [1.29, 1.82) is 5.26 Å². The zero-order valence-electron chi connectivity index (χ0n) is 11.1. The molecule has 6 heteroatoms. The van der Waals surface area contributed by atoms with E-state index in [0.29, 0.717) is 0 Å². The molecule has 0 saturated carbocycles. The van der Waals surface area contributed by atoms with Gasteiger partial charge >= 0.3 is 0 Å². The predicted molar refractivity (Wildman–Crippen MR) is 83.8 cm³/mol. The second-order valence-electron chi connectivity index (χ2n) is 4.37. The van der Waals surface area contributed by atoms with Gasteiger partial charge in [0.15, 0.2) is 0 Å². The highest BCUT2D eigenvalue weighted by molar-refractivity contribution is 9.10. The fraction of sp³-hybridized carbons (Fsp3) is 0.133. The largest absolute Gasteiger partial charge is 0.244 e. The SMILES string of the molecule is N#CCN(Cc1ccccc1)S(=O)(=O)c1ccc(Br)cc1. The van der Waals surface area contributed by atoms with E-state index in [9.17, 15) is 8.42 Å². The van der Waals surface area contributed by atoms with Gasteiger partial charge in [-0.05, 0) is 29.8 Å². The van der Waals surface area contributed by atoms with E-state index < -0.39 is 10.0 Å². The van der Waals surface area contributed by atoms with Gasteiger partial charge in [0, 0.05) is 11.0 Å². The van der Waals surface area contributed by atoms with Crippen LogP contribution >= 0.6 is 15.9 Å². The summed E-state index contributed by atoms with van der Waals surface area (Å²) in [7, 11) is -3.69. The van der Waals surface area contributed by atoms with Gasteiger partial charge in [-0.15, -0.1) is 0 Å². The lowest BCUT2D eigenvalue weighted by Gasteiger charge is -2.19.